The molecule has 16 heteroatoms. The molecule has 0 unspecified atom stereocenters. The standard InChI is InChI=1S/C38H45ClN6O8S/c1-7-22-18-38(22,36(49)44-54(50,51)26-12-13-26)43-33(47)29-17-25(53-34-28-16-23(39)11-14-27(28)30(52-6)19-41-34)20-45(29)35(48)31(37(2,3)4)42-24-10-8-9-21(15-24)32(46)40-5/h7-11,14-16,19,22,25-26,29,31,42H,1,12-13,17-18,20H2,2-6H3,(H,40,46)(H,43,47)(H,44,49)/t22-,25-,29+,31-,38-/m1/s1. The fraction of sp³-hybridized carbons (Fsp3) is 0.447. The predicted molar refractivity (Wildman–Crippen MR) is 204 cm³/mol. The number of nitrogens with one attached hydrogen (secondary N) is 4. The molecule has 4 N–H and O–H groups in total. The molecule has 0 radical (unpaired) electrons. The average Bonchev–Trinajstić information content (AvgIpc) is 4.06. The predicted octanol–water partition coefficient (Wildman–Crippen LogP) is 3.80. The molecule has 288 valence electrons. The van der Waals surface area contributed by atoms with Crippen molar-refractivity contribution in [2.75, 3.05) is 26.0 Å². The fourth-order valence-electron chi connectivity index (χ4n) is 6.85. The summed E-state index contributed by atoms with van der Waals surface area (Å²) in [5.74, 6) is -2.02. The van der Waals surface area contributed by atoms with Crippen molar-refractivity contribution in [3.63, 3.8) is 0 Å². The first kappa shape index (κ1) is 38.8. The van der Waals surface area contributed by atoms with E-state index >= 15 is 0 Å². The Morgan fingerprint density at radius 1 is 1.11 bits per heavy atom. The first-order valence-corrected chi connectivity index (χ1v) is 19.6. The Balaban J connectivity index is 1.33. The van der Waals surface area contributed by atoms with Gasteiger partial charge in [0.1, 0.15) is 29.5 Å². The second-order valence-electron chi connectivity index (χ2n) is 15.1. The zero-order chi connectivity index (χ0) is 39.2. The smallest absolute Gasteiger partial charge is 0.259 e. The highest BCUT2D eigenvalue weighted by Crippen LogP contribution is 2.46. The molecule has 1 saturated heterocycles. The number of fused-ring (bicyclic) bond motifs is 1. The molecule has 3 aliphatic rings. The van der Waals surface area contributed by atoms with Gasteiger partial charge in [-0.25, -0.2) is 13.4 Å². The molecule has 2 heterocycles. The van der Waals surface area contributed by atoms with Crippen LogP contribution < -0.4 is 30.1 Å². The van der Waals surface area contributed by atoms with Gasteiger partial charge >= 0.3 is 0 Å². The number of carbonyl (C=O) groups excluding carboxylic acids is 4. The summed E-state index contributed by atoms with van der Waals surface area (Å²) in [7, 11) is -0.857. The molecule has 2 aromatic carbocycles. The summed E-state index contributed by atoms with van der Waals surface area (Å²) in [5, 5.41) is 9.76. The zero-order valence-electron chi connectivity index (χ0n) is 30.8. The lowest BCUT2D eigenvalue weighted by Crippen LogP contribution is -2.58. The van der Waals surface area contributed by atoms with Crippen molar-refractivity contribution in [2.45, 2.75) is 75.4 Å². The van der Waals surface area contributed by atoms with Crippen LogP contribution in [0.25, 0.3) is 10.8 Å². The van der Waals surface area contributed by atoms with Gasteiger partial charge in [-0.1, -0.05) is 44.5 Å². The lowest BCUT2D eigenvalue weighted by atomic mass is 9.85. The number of hydrogen-bond donors (Lipinski definition) is 4. The first-order valence-electron chi connectivity index (χ1n) is 17.7. The maximum absolute atomic E-state index is 14.8. The number of amides is 4. The molecule has 3 aromatic rings. The van der Waals surface area contributed by atoms with Crippen LogP contribution in [0.5, 0.6) is 11.6 Å². The van der Waals surface area contributed by atoms with E-state index in [1.165, 1.54) is 31.3 Å². The number of benzene rings is 2. The third kappa shape index (κ3) is 7.83. The second-order valence-corrected chi connectivity index (χ2v) is 17.5. The number of sulfonamides is 1. The summed E-state index contributed by atoms with van der Waals surface area (Å²) in [4.78, 5) is 61.0. The van der Waals surface area contributed by atoms with Crippen LogP contribution in [0.15, 0.2) is 61.3 Å². The number of nitrogens with zero attached hydrogens (tertiary/aromatic N) is 2. The van der Waals surface area contributed by atoms with Gasteiger partial charge in [0.05, 0.1) is 25.1 Å². The number of hydrogen-bond acceptors (Lipinski definition) is 10. The van der Waals surface area contributed by atoms with E-state index in [-0.39, 0.29) is 31.2 Å². The molecular formula is C38H45ClN6O8S. The highest BCUT2D eigenvalue weighted by molar-refractivity contribution is 7.91. The van der Waals surface area contributed by atoms with Gasteiger partial charge in [0, 0.05) is 46.4 Å². The summed E-state index contributed by atoms with van der Waals surface area (Å²) in [6, 6.07) is 9.89. The van der Waals surface area contributed by atoms with Crippen molar-refractivity contribution in [1.82, 2.24) is 25.2 Å². The Kier molecular flexibility index (Phi) is 10.6. The Labute approximate surface area is 319 Å². The lowest BCUT2D eigenvalue weighted by Gasteiger charge is -2.36. The van der Waals surface area contributed by atoms with E-state index < -0.39 is 68.1 Å². The number of aromatic nitrogens is 1. The maximum atomic E-state index is 14.8. The van der Waals surface area contributed by atoms with Crippen LogP contribution in [0, 0.1) is 11.3 Å². The van der Waals surface area contributed by atoms with Crippen molar-refractivity contribution in [3.05, 3.63) is 71.9 Å². The van der Waals surface area contributed by atoms with Gasteiger partial charge in [-0.15, -0.1) is 6.58 Å². The van der Waals surface area contributed by atoms with E-state index in [2.05, 4.69) is 32.2 Å². The molecular weight excluding hydrogens is 736 g/mol. The summed E-state index contributed by atoms with van der Waals surface area (Å²) in [5.41, 5.74) is -1.35. The molecule has 14 nitrogen and oxygen atoms in total. The van der Waals surface area contributed by atoms with E-state index in [0.717, 1.165) is 0 Å². The molecule has 1 aliphatic heterocycles. The molecule has 6 rings (SSSR count). The van der Waals surface area contributed by atoms with Crippen LogP contribution >= 0.6 is 11.6 Å². The van der Waals surface area contributed by atoms with Crippen molar-refractivity contribution in [3.8, 4) is 11.6 Å². The number of likely N-dealkylation sites (tertiary alicyclic amines) is 1. The number of anilines is 1. The van der Waals surface area contributed by atoms with Gasteiger partial charge in [0.2, 0.25) is 27.7 Å². The van der Waals surface area contributed by atoms with Crippen LogP contribution in [0.2, 0.25) is 5.02 Å². The Bertz CT molecular complexity index is 2120. The van der Waals surface area contributed by atoms with Crippen LogP contribution in [0.1, 0.15) is 56.8 Å². The Hall–Kier alpha value is -4.89. The van der Waals surface area contributed by atoms with Crippen molar-refractivity contribution >= 4 is 61.7 Å². The van der Waals surface area contributed by atoms with E-state index in [9.17, 15) is 27.6 Å². The van der Waals surface area contributed by atoms with Gasteiger partial charge < -0.3 is 30.3 Å². The fourth-order valence-corrected chi connectivity index (χ4v) is 8.38. The van der Waals surface area contributed by atoms with Gasteiger partial charge in [0.15, 0.2) is 0 Å². The third-order valence-corrected chi connectivity index (χ3v) is 12.2. The van der Waals surface area contributed by atoms with Crippen LogP contribution in [-0.2, 0) is 24.4 Å². The van der Waals surface area contributed by atoms with Crippen molar-refractivity contribution in [2.24, 2.45) is 11.3 Å². The summed E-state index contributed by atoms with van der Waals surface area (Å²) < 4.78 is 39.6. The average molecular weight is 781 g/mol. The minimum Gasteiger partial charge on any atom is -0.494 e. The molecule has 2 saturated carbocycles. The normalized spacial score (nSPS) is 22.9. The Morgan fingerprint density at radius 2 is 1.85 bits per heavy atom. The van der Waals surface area contributed by atoms with Gasteiger partial charge in [-0.2, -0.15) is 0 Å². The number of ether oxygens (including phenoxy) is 2. The number of halogens is 1. The van der Waals surface area contributed by atoms with E-state index in [4.69, 9.17) is 21.1 Å². The quantitative estimate of drug-likeness (QED) is 0.186. The molecule has 5 atom stereocenters. The number of rotatable bonds is 13. The molecule has 54 heavy (non-hydrogen) atoms. The second kappa shape index (κ2) is 14.7. The highest BCUT2D eigenvalue weighted by Gasteiger charge is 2.62. The summed E-state index contributed by atoms with van der Waals surface area (Å²) in [6.45, 7) is 9.38. The third-order valence-electron chi connectivity index (χ3n) is 10.1. The minimum absolute atomic E-state index is 0.0210. The van der Waals surface area contributed by atoms with Crippen LogP contribution in [0.3, 0.4) is 0 Å². The van der Waals surface area contributed by atoms with Gasteiger partial charge in [-0.05, 0) is 61.1 Å². The summed E-state index contributed by atoms with van der Waals surface area (Å²) >= 11 is 6.35. The van der Waals surface area contributed by atoms with Crippen LogP contribution in [-0.4, -0.2) is 91.6 Å². The van der Waals surface area contributed by atoms with E-state index in [1.807, 2.05) is 20.8 Å². The highest BCUT2D eigenvalue weighted by atomic mass is 35.5. The zero-order valence-corrected chi connectivity index (χ0v) is 32.3. The molecule has 0 bridgehead atoms. The Morgan fingerprint density at radius 3 is 2.48 bits per heavy atom. The largest absolute Gasteiger partial charge is 0.494 e. The number of carbonyl (C=O) groups is 4. The molecule has 2 aliphatic carbocycles. The number of methoxy groups -OCH3 is 1. The van der Waals surface area contributed by atoms with E-state index in [0.29, 0.717) is 45.6 Å². The summed E-state index contributed by atoms with van der Waals surface area (Å²) in [6.07, 6.45) is 3.36. The maximum Gasteiger partial charge on any atom is 0.259 e. The topological polar surface area (TPSA) is 185 Å². The molecule has 4 amide bonds. The van der Waals surface area contributed by atoms with Gasteiger partial charge in [0.25, 0.3) is 11.8 Å². The lowest BCUT2D eigenvalue weighted by molar-refractivity contribution is -0.141. The SMILES string of the molecule is C=C[C@@H]1C[C@]1(NC(=O)[C@@H]1C[C@@H](Oc2ncc(OC)c3ccc(Cl)cc23)CN1C(=O)[C@@H](Nc1cccc(C(=O)NC)c1)C(C)(C)C)C(=O)NS(=O)(=O)C1CC1. The molecule has 3 fully saturated rings. The number of pyridine rings is 1. The molecule has 1 aromatic heterocycles. The van der Waals surface area contributed by atoms with Crippen molar-refractivity contribution < 1.29 is 37.1 Å². The van der Waals surface area contributed by atoms with Crippen molar-refractivity contribution in [1.29, 1.82) is 0 Å². The van der Waals surface area contributed by atoms with E-state index in [1.54, 1.807) is 42.5 Å². The monoisotopic (exact) mass is 780 g/mol. The van der Waals surface area contributed by atoms with Gasteiger partial charge in [-0.3, -0.25) is 23.9 Å². The molecule has 0 spiro atoms. The minimum atomic E-state index is -3.91. The first-order chi connectivity index (χ1) is 25.5. The van der Waals surface area contributed by atoms with Crippen LogP contribution in [0.4, 0.5) is 5.69 Å².